The Bertz CT molecular complexity index is 426. The summed E-state index contributed by atoms with van der Waals surface area (Å²) in [4.78, 5) is 5.83. The summed E-state index contributed by atoms with van der Waals surface area (Å²) in [6.07, 6.45) is 0. The second kappa shape index (κ2) is 3.01. The molecule has 0 amide bonds. The van der Waals surface area contributed by atoms with Gasteiger partial charge >= 0.3 is 0 Å². The summed E-state index contributed by atoms with van der Waals surface area (Å²) in [6.45, 7) is -0.883. The van der Waals surface area contributed by atoms with Gasteiger partial charge in [-0.15, -0.1) is 4.68 Å². The fourth-order valence-corrected chi connectivity index (χ4v) is 1.26. The number of benzene rings is 1. The number of fused-ring (bicyclic) bond motifs is 1. The van der Waals surface area contributed by atoms with Crippen LogP contribution in [0.2, 0.25) is 0 Å². The Hall–Kier alpha value is -1.65. The van der Waals surface area contributed by atoms with Gasteiger partial charge in [0.05, 0.1) is 4.85 Å². The van der Waals surface area contributed by atoms with Crippen molar-refractivity contribution in [2.75, 3.05) is 6.86 Å². The molecule has 0 aliphatic heterocycles. The molecule has 0 aliphatic carbocycles. The van der Waals surface area contributed by atoms with Gasteiger partial charge in [0.1, 0.15) is 12.3 Å². The summed E-state index contributed by atoms with van der Waals surface area (Å²) in [5, 5.41) is 3.95. The Morgan fingerprint density at radius 2 is 2.31 bits per heavy atom. The lowest BCUT2D eigenvalue weighted by molar-refractivity contribution is -0.711. The molecule has 0 unspecified atom stereocenters. The smallest absolute Gasteiger partial charge is 0.279 e. The Balaban J connectivity index is 2.63. The van der Waals surface area contributed by atoms with E-state index in [4.69, 9.17) is 0 Å². The summed E-state index contributed by atoms with van der Waals surface area (Å²) in [5.74, 6) is 0. The van der Waals surface area contributed by atoms with E-state index in [2.05, 4.69) is 10.1 Å². The van der Waals surface area contributed by atoms with Crippen molar-refractivity contribution in [2.24, 2.45) is 7.05 Å². The van der Waals surface area contributed by atoms with Crippen molar-refractivity contribution in [1.29, 1.82) is 0 Å². The normalized spacial score (nSPS) is 10.6. The highest BCUT2D eigenvalue weighted by Gasteiger charge is 2.15. The van der Waals surface area contributed by atoms with Crippen LogP contribution in [0, 0.1) is 0 Å². The highest BCUT2D eigenvalue weighted by atomic mass is 19.1. The van der Waals surface area contributed by atoms with Crippen LogP contribution >= 0.6 is 0 Å². The quantitative estimate of drug-likeness (QED) is 0.622. The molecule has 1 aromatic heterocycles. The van der Waals surface area contributed by atoms with E-state index in [1.54, 1.807) is 11.7 Å². The van der Waals surface area contributed by atoms with Crippen molar-refractivity contribution in [2.45, 2.75) is 0 Å². The molecule has 0 aliphatic rings. The summed E-state index contributed by atoms with van der Waals surface area (Å²) >= 11 is 0. The van der Waals surface area contributed by atoms with E-state index in [1.807, 2.05) is 24.3 Å². The predicted octanol–water partition coefficient (Wildman–Crippen LogP) is 0.216. The number of hydrogen-bond acceptors (Lipinski definition) is 2. The van der Waals surface area contributed by atoms with Crippen molar-refractivity contribution in [3.8, 4) is 0 Å². The minimum absolute atomic E-state index is 0.752. The number of aromatic nitrogens is 3. The number of rotatable bonds is 2. The Morgan fingerprint density at radius 3 is 3.08 bits per heavy atom. The van der Waals surface area contributed by atoms with E-state index in [0.29, 0.717) is 0 Å². The lowest BCUT2D eigenvalue weighted by Gasteiger charge is -1.88. The van der Waals surface area contributed by atoms with Gasteiger partial charge in [-0.25, -0.2) is 4.39 Å². The first kappa shape index (κ1) is 7.97. The lowest BCUT2D eigenvalue weighted by Crippen LogP contribution is -2.32. The Morgan fingerprint density at radius 1 is 1.54 bits per heavy atom. The Kier molecular flexibility index (Phi) is 1.84. The third-order valence-electron chi connectivity index (χ3n) is 1.82. The van der Waals surface area contributed by atoms with E-state index in [9.17, 15) is 4.39 Å². The maximum absolute atomic E-state index is 11.9. The van der Waals surface area contributed by atoms with Gasteiger partial charge in [-0.2, -0.15) is 0 Å². The fraction of sp³-hybridized carbons (Fsp3) is 0.250. The molecule has 0 fully saturated rings. The topological polar surface area (TPSA) is 30.9 Å². The average Bonchev–Trinajstić information content (AvgIpc) is 2.46. The van der Waals surface area contributed by atoms with Gasteiger partial charge < -0.3 is 0 Å². The average molecular weight is 182 g/mol. The molecule has 2 rings (SSSR count). The van der Waals surface area contributed by atoms with Gasteiger partial charge in [-0.3, -0.25) is 4.84 Å². The molecule has 4 nitrogen and oxygen atoms in total. The standard InChI is InChI=1S/C8H9FN3O/c1-11-7-4-2-3-5-8(7)12(10-11)13-6-9/h2-5H,6H2,1H3/q+1. The molecular weight excluding hydrogens is 173 g/mol. The molecule has 13 heavy (non-hydrogen) atoms. The molecule has 1 heterocycles. The zero-order valence-corrected chi connectivity index (χ0v) is 7.14. The van der Waals surface area contributed by atoms with Crippen molar-refractivity contribution in [3.63, 3.8) is 0 Å². The molecule has 0 spiro atoms. The zero-order valence-electron chi connectivity index (χ0n) is 7.14. The van der Waals surface area contributed by atoms with E-state index in [-0.39, 0.29) is 0 Å². The van der Waals surface area contributed by atoms with Crippen molar-refractivity contribution >= 4 is 11.0 Å². The van der Waals surface area contributed by atoms with Crippen LogP contribution in [-0.4, -0.2) is 16.9 Å². The second-order valence-corrected chi connectivity index (χ2v) is 2.61. The predicted molar refractivity (Wildman–Crippen MR) is 43.5 cm³/mol. The molecule has 0 saturated heterocycles. The molecule has 0 bridgehead atoms. The van der Waals surface area contributed by atoms with E-state index >= 15 is 0 Å². The minimum Gasteiger partial charge on any atom is -0.280 e. The number of aryl methyl sites for hydroxylation is 1. The zero-order chi connectivity index (χ0) is 9.26. The summed E-state index contributed by atoms with van der Waals surface area (Å²) in [7, 11) is 1.78. The van der Waals surface area contributed by atoms with Crippen LogP contribution in [-0.2, 0) is 7.05 Å². The number of hydrogen-bond donors (Lipinski definition) is 0. The molecule has 0 saturated carbocycles. The molecule has 5 heteroatoms. The SMILES string of the molecule is C[n+]1nn(OCF)c2ccccc21. The van der Waals surface area contributed by atoms with E-state index in [0.717, 1.165) is 11.0 Å². The van der Waals surface area contributed by atoms with Crippen LogP contribution in [0.25, 0.3) is 11.0 Å². The van der Waals surface area contributed by atoms with Gasteiger partial charge in [0.2, 0.25) is 11.0 Å². The van der Waals surface area contributed by atoms with Gasteiger partial charge in [0, 0.05) is 0 Å². The van der Waals surface area contributed by atoms with E-state index < -0.39 is 6.86 Å². The largest absolute Gasteiger partial charge is 0.280 e. The van der Waals surface area contributed by atoms with Gasteiger partial charge in [0.15, 0.2) is 0 Å². The maximum atomic E-state index is 11.9. The van der Waals surface area contributed by atoms with Crippen LogP contribution < -0.4 is 9.52 Å². The Labute approximate surface area is 74.1 Å². The number of para-hydroxylation sites is 2. The van der Waals surface area contributed by atoms with Crippen molar-refractivity contribution < 1.29 is 13.9 Å². The molecule has 1 aromatic carbocycles. The third kappa shape index (κ3) is 1.22. The highest BCUT2D eigenvalue weighted by Crippen LogP contribution is 2.06. The lowest BCUT2D eigenvalue weighted by atomic mass is 10.3. The van der Waals surface area contributed by atoms with Crippen molar-refractivity contribution in [1.82, 2.24) is 10.1 Å². The maximum Gasteiger partial charge on any atom is 0.279 e. The number of alkyl halides is 1. The fourth-order valence-electron chi connectivity index (χ4n) is 1.26. The monoisotopic (exact) mass is 182 g/mol. The molecule has 68 valence electrons. The summed E-state index contributed by atoms with van der Waals surface area (Å²) < 4.78 is 13.6. The van der Waals surface area contributed by atoms with Crippen LogP contribution in [0.3, 0.4) is 0 Å². The first-order chi connectivity index (χ1) is 6.33. The van der Waals surface area contributed by atoms with Crippen LogP contribution in [0.1, 0.15) is 0 Å². The first-order valence-electron chi connectivity index (χ1n) is 3.86. The molecule has 0 atom stereocenters. The first-order valence-corrected chi connectivity index (χ1v) is 3.86. The van der Waals surface area contributed by atoms with Crippen LogP contribution in [0.4, 0.5) is 4.39 Å². The molecule has 0 N–H and O–H groups in total. The minimum atomic E-state index is -0.883. The second-order valence-electron chi connectivity index (χ2n) is 2.61. The van der Waals surface area contributed by atoms with Gasteiger partial charge in [-0.05, 0) is 12.1 Å². The summed E-state index contributed by atoms with van der Waals surface area (Å²) in [6, 6.07) is 7.45. The number of nitrogens with zero attached hydrogens (tertiary/aromatic N) is 3. The molecule has 0 radical (unpaired) electrons. The van der Waals surface area contributed by atoms with Gasteiger partial charge in [0.25, 0.3) is 6.86 Å². The highest BCUT2D eigenvalue weighted by molar-refractivity contribution is 5.70. The third-order valence-corrected chi connectivity index (χ3v) is 1.82. The van der Waals surface area contributed by atoms with Gasteiger partial charge in [-0.1, -0.05) is 12.1 Å². The van der Waals surface area contributed by atoms with Crippen molar-refractivity contribution in [3.05, 3.63) is 24.3 Å². The molecule has 2 aromatic rings. The van der Waals surface area contributed by atoms with E-state index in [1.165, 1.54) is 4.85 Å². The number of halogens is 1. The van der Waals surface area contributed by atoms with Crippen LogP contribution in [0.5, 0.6) is 0 Å². The molecular formula is C8H9FN3O+. The summed E-state index contributed by atoms with van der Waals surface area (Å²) in [5.41, 5.74) is 1.65. The van der Waals surface area contributed by atoms with Crippen LogP contribution in [0.15, 0.2) is 24.3 Å².